The van der Waals surface area contributed by atoms with Crippen molar-refractivity contribution in [1.82, 2.24) is 14.2 Å². The number of hydrogen-bond donors (Lipinski definition) is 3. The minimum Gasteiger partial charge on any atom is -0.480 e. The molecule has 2 aliphatic heterocycles. The number of aliphatic hydroxyl groups is 1. The molecule has 196 valence electrons. The summed E-state index contributed by atoms with van der Waals surface area (Å²) < 4.78 is 33.6. The minimum absolute atomic E-state index is 0.0249. The van der Waals surface area contributed by atoms with Crippen LogP contribution in [0.3, 0.4) is 0 Å². The maximum Gasteiger partial charge on any atom is 0.409 e. The number of carbonyl (C=O) groups is 1. The van der Waals surface area contributed by atoms with Gasteiger partial charge < -0.3 is 20.7 Å². The molecule has 35 heavy (non-hydrogen) atoms. The number of nitrogen functional groups attached to an aromatic ring is 1. The Bertz CT molecular complexity index is 1030. The molecular formula is C22H35N4O8P. The monoisotopic (exact) mass is 514 g/mol. The van der Waals surface area contributed by atoms with E-state index >= 15 is 0 Å². The first-order valence-corrected chi connectivity index (χ1v) is 13.7. The van der Waals surface area contributed by atoms with E-state index in [2.05, 4.69) is 4.98 Å². The van der Waals surface area contributed by atoms with Crippen molar-refractivity contribution in [3.8, 4) is 0 Å². The van der Waals surface area contributed by atoms with E-state index in [-0.39, 0.29) is 19.0 Å². The second-order valence-electron chi connectivity index (χ2n) is 9.91. The highest BCUT2D eigenvalue weighted by atomic mass is 31.2. The third kappa shape index (κ3) is 5.33. The number of nitrogens with zero attached hydrogens (tertiary/aromatic N) is 3. The molecular weight excluding hydrogens is 479 g/mol. The molecule has 1 aromatic rings. The van der Waals surface area contributed by atoms with Crippen molar-refractivity contribution in [1.29, 1.82) is 0 Å². The third-order valence-corrected chi connectivity index (χ3v) is 9.46. The number of hydrogen-bond acceptors (Lipinski definition) is 9. The van der Waals surface area contributed by atoms with Crippen molar-refractivity contribution >= 4 is 19.5 Å². The van der Waals surface area contributed by atoms with E-state index in [1.165, 1.54) is 50.0 Å². The maximum atomic E-state index is 13.9. The third-order valence-electron chi connectivity index (χ3n) is 7.31. The Morgan fingerprint density at radius 2 is 2.11 bits per heavy atom. The molecule has 13 heteroatoms. The SMILES string of the molecule is C[C@@H](C(=O)O)N(CCCC1CCCCC1)P1(=O)OC[C@H]2O[C@@H](n3ccc(N)nc3=O)[C@](C)(O)[C@@H]2O1. The van der Waals surface area contributed by atoms with Crippen molar-refractivity contribution in [2.45, 2.75) is 88.9 Å². The lowest BCUT2D eigenvalue weighted by atomic mass is 9.86. The fourth-order valence-corrected chi connectivity index (χ4v) is 7.51. The number of rotatable bonds is 8. The van der Waals surface area contributed by atoms with Gasteiger partial charge in [0.1, 0.15) is 29.7 Å². The quantitative estimate of drug-likeness (QED) is 0.435. The summed E-state index contributed by atoms with van der Waals surface area (Å²) in [6.07, 6.45) is 5.74. The number of aliphatic carboxylic acids is 1. The molecule has 1 aromatic heterocycles. The highest BCUT2D eigenvalue weighted by molar-refractivity contribution is 7.51. The molecule has 0 amide bonds. The van der Waals surface area contributed by atoms with E-state index in [4.69, 9.17) is 19.5 Å². The molecule has 3 fully saturated rings. The molecule has 0 aromatic carbocycles. The van der Waals surface area contributed by atoms with Crippen LogP contribution in [0.25, 0.3) is 0 Å². The lowest BCUT2D eigenvalue weighted by molar-refractivity contribution is -0.142. The second-order valence-corrected chi connectivity index (χ2v) is 11.8. The summed E-state index contributed by atoms with van der Waals surface area (Å²) in [5.74, 6) is -0.545. The molecule has 12 nitrogen and oxygen atoms in total. The van der Waals surface area contributed by atoms with E-state index in [1.807, 2.05) is 0 Å². The van der Waals surface area contributed by atoms with E-state index in [0.29, 0.717) is 12.3 Å². The summed E-state index contributed by atoms with van der Waals surface area (Å²) in [4.78, 5) is 27.9. The molecule has 1 aliphatic carbocycles. The van der Waals surface area contributed by atoms with Crippen LogP contribution in [0.5, 0.6) is 0 Å². The molecule has 3 aliphatic rings. The van der Waals surface area contributed by atoms with Gasteiger partial charge in [-0.25, -0.2) is 9.36 Å². The normalized spacial score (nSPS) is 34.6. The molecule has 4 N–H and O–H groups in total. The summed E-state index contributed by atoms with van der Waals surface area (Å²) in [7, 11) is -4.10. The van der Waals surface area contributed by atoms with E-state index < -0.39 is 49.5 Å². The molecule has 0 bridgehead atoms. The molecule has 1 unspecified atom stereocenters. The molecule has 4 rings (SSSR count). The summed E-state index contributed by atoms with van der Waals surface area (Å²) in [5, 5.41) is 21.0. The molecule has 1 saturated carbocycles. The zero-order valence-electron chi connectivity index (χ0n) is 20.1. The summed E-state index contributed by atoms with van der Waals surface area (Å²) in [5.41, 5.74) is 3.05. The van der Waals surface area contributed by atoms with Gasteiger partial charge in [0.25, 0.3) is 0 Å². The summed E-state index contributed by atoms with van der Waals surface area (Å²) in [6, 6.07) is 0.268. The van der Waals surface area contributed by atoms with Gasteiger partial charge >= 0.3 is 19.4 Å². The number of anilines is 1. The van der Waals surface area contributed by atoms with Crippen molar-refractivity contribution in [3.05, 3.63) is 22.7 Å². The van der Waals surface area contributed by atoms with Crippen molar-refractivity contribution < 1.29 is 33.4 Å². The number of ether oxygens (including phenoxy) is 1. The van der Waals surface area contributed by atoms with Crippen LogP contribution in [0.4, 0.5) is 5.82 Å². The van der Waals surface area contributed by atoms with Gasteiger partial charge in [-0.3, -0.25) is 18.4 Å². The van der Waals surface area contributed by atoms with E-state index in [9.17, 15) is 24.4 Å². The van der Waals surface area contributed by atoms with Gasteiger partial charge in [-0.2, -0.15) is 9.65 Å². The van der Waals surface area contributed by atoms with Gasteiger partial charge in [0.05, 0.1) is 6.61 Å². The summed E-state index contributed by atoms with van der Waals surface area (Å²) in [6.45, 7) is 2.87. The Morgan fingerprint density at radius 1 is 1.40 bits per heavy atom. The van der Waals surface area contributed by atoms with Gasteiger partial charge in [0.2, 0.25) is 0 Å². The number of carboxylic acid groups (broad SMARTS) is 1. The van der Waals surface area contributed by atoms with Crippen LogP contribution in [0.1, 0.15) is 65.0 Å². The topological polar surface area (TPSA) is 166 Å². The van der Waals surface area contributed by atoms with Gasteiger partial charge in [0.15, 0.2) is 6.23 Å². The Balaban J connectivity index is 1.52. The van der Waals surface area contributed by atoms with Crippen molar-refractivity contribution in [2.75, 3.05) is 18.9 Å². The fourth-order valence-electron chi connectivity index (χ4n) is 5.29. The van der Waals surface area contributed by atoms with Gasteiger partial charge in [0, 0.05) is 12.7 Å². The average Bonchev–Trinajstić information content (AvgIpc) is 3.06. The molecule has 3 heterocycles. The predicted molar refractivity (Wildman–Crippen MR) is 125 cm³/mol. The molecule has 2 saturated heterocycles. The first kappa shape index (κ1) is 26.2. The predicted octanol–water partition coefficient (Wildman–Crippen LogP) is 2.13. The number of carboxylic acids is 1. The van der Waals surface area contributed by atoms with Crippen LogP contribution in [0.15, 0.2) is 17.1 Å². The first-order valence-electron chi connectivity index (χ1n) is 12.2. The largest absolute Gasteiger partial charge is 0.480 e. The number of nitrogens with two attached hydrogens (primary N) is 1. The molecule has 0 radical (unpaired) electrons. The molecule has 6 atom stereocenters. The minimum atomic E-state index is -4.10. The lowest BCUT2D eigenvalue weighted by Gasteiger charge is -2.41. The fraction of sp³-hybridized carbons (Fsp3) is 0.773. The maximum absolute atomic E-state index is 13.9. The Morgan fingerprint density at radius 3 is 2.77 bits per heavy atom. The van der Waals surface area contributed by atoms with Gasteiger partial charge in [-0.15, -0.1) is 0 Å². The van der Waals surface area contributed by atoms with Crippen LogP contribution in [-0.4, -0.2) is 67.4 Å². The Kier molecular flexibility index (Phi) is 7.71. The summed E-state index contributed by atoms with van der Waals surface area (Å²) >= 11 is 0. The first-order chi connectivity index (χ1) is 16.5. The number of fused-ring (bicyclic) bond motifs is 1. The van der Waals surface area contributed by atoms with Gasteiger partial charge in [-0.1, -0.05) is 32.1 Å². The van der Waals surface area contributed by atoms with Crippen LogP contribution in [0.2, 0.25) is 0 Å². The van der Waals surface area contributed by atoms with E-state index in [0.717, 1.165) is 23.8 Å². The van der Waals surface area contributed by atoms with Crippen LogP contribution in [0, 0.1) is 5.92 Å². The van der Waals surface area contributed by atoms with Gasteiger partial charge in [-0.05, 0) is 38.7 Å². The van der Waals surface area contributed by atoms with Crippen molar-refractivity contribution in [3.63, 3.8) is 0 Å². The average molecular weight is 515 g/mol. The number of aromatic nitrogens is 2. The molecule has 0 spiro atoms. The second kappa shape index (κ2) is 10.3. The highest BCUT2D eigenvalue weighted by Crippen LogP contribution is 2.61. The van der Waals surface area contributed by atoms with Crippen LogP contribution < -0.4 is 11.4 Å². The Hall–Kier alpha value is -1.82. The van der Waals surface area contributed by atoms with Crippen molar-refractivity contribution in [2.24, 2.45) is 5.92 Å². The lowest BCUT2D eigenvalue weighted by Crippen LogP contribution is -2.51. The van der Waals surface area contributed by atoms with Crippen LogP contribution >= 0.6 is 7.75 Å². The zero-order chi connectivity index (χ0) is 25.4. The van der Waals surface area contributed by atoms with E-state index in [1.54, 1.807) is 0 Å². The van der Waals surface area contributed by atoms with Crippen LogP contribution in [-0.2, 0) is 23.1 Å². The smallest absolute Gasteiger partial charge is 0.409 e. The standard InChI is InChI=1S/C22H35N4O8P/c1-14(19(27)28)26(11-6-9-15-7-4-3-5-8-15)35(31)32-13-16-18(34-35)22(2,30)20(33-16)25-12-10-17(23)24-21(25)29/h10,12,14-16,18,20,30H,3-9,11,13H2,1-2H3,(H,27,28)(H2,23,24,29)/t14-,16+,18+,20+,22+,35?/m0/s1. The zero-order valence-corrected chi connectivity index (χ0v) is 21.0. The highest BCUT2D eigenvalue weighted by Gasteiger charge is 2.61. The Labute approximate surface area is 204 Å².